The van der Waals surface area contributed by atoms with Gasteiger partial charge in [-0.15, -0.1) is 0 Å². The molecule has 0 unspecified atom stereocenters. The lowest BCUT2D eigenvalue weighted by molar-refractivity contribution is -0.146. The molecule has 0 spiro atoms. The number of benzene rings is 1. The Kier molecular flexibility index (Phi) is 1.81. The van der Waals surface area contributed by atoms with Gasteiger partial charge in [0.2, 0.25) is 0 Å². The van der Waals surface area contributed by atoms with Crippen LogP contribution in [0.15, 0.2) is 42.2 Å². The van der Waals surface area contributed by atoms with Crippen molar-refractivity contribution in [1.82, 2.24) is 0 Å². The molecule has 72 valence electrons. The minimum Gasteiger partial charge on any atom is -0.507 e. The molecule has 0 radical (unpaired) electrons. The van der Waals surface area contributed by atoms with Crippen molar-refractivity contribution in [2.45, 2.75) is 12.5 Å². The molecular formula is C11H10O3. The first-order chi connectivity index (χ1) is 6.63. The highest BCUT2D eigenvalue weighted by Crippen LogP contribution is 2.35. The van der Waals surface area contributed by atoms with Gasteiger partial charge in [0.25, 0.3) is 0 Å². The van der Waals surface area contributed by atoms with E-state index in [-0.39, 0.29) is 5.76 Å². The number of hydrogen-bond donors (Lipinski definition) is 1. The van der Waals surface area contributed by atoms with Gasteiger partial charge in [0.1, 0.15) is 5.76 Å². The maximum Gasteiger partial charge on any atom is 0.335 e. The maximum absolute atomic E-state index is 11.0. The standard InChI is InChI=1S/C11H10O3/c1-11(8-5-3-2-4-6-8)9(12)7-10(13)14-11/h2-7,12H,1H3/t11-/m0/s1. The fourth-order valence-electron chi connectivity index (χ4n) is 1.50. The van der Waals surface area contributed by atoms with Crippen LogP contribution in [0.3, 0.4) is 0 Å². The number of hydrogen-bond acceptors (Lipinski definition) is 3. The Labute approximate surface area is 81.6 Å². The van der Waals surface area contributed by atoms with Crippen molar-refractivity contribution in [2.24, 2.45) is 0 Å². The molecule has 2 rings (SSSR count). The summed E-state index contributed by atoms with van der Waals surface area (Å²) in [6.45, 7) is 1.67. The van der Waals surface area contributed by atoms with E-state index in [4.69, 9.17) is 4.74 Å². The number of carbonyl (C=O) groups is 1. The molecule has 0 saturated heterocycles. The molecule has 0 bridgehead atoms. The van der Waals surface area contributed by atoms with Crippen LogP contribution in [0.4, 0.5) is 0 Å². The summed E-state index contributed by atoms with van der Waals surface area (Å²) in [5.41, 5.74) is -0.252. The second kappa shape index (κ2) is 2.87. The van der Waals surface area contributed by atoms with Gasteiger partial charge >= 0.3 is 5.97 Å². The van der Waals surface area contributed by atoms with Crippen LogP contribution in [0, 0.1) is 0 Å². The van der Waals surface area contributed by atoms with Crippen molar-refractivity contribution in [1.29, 1.82) is 0 Å². The van der Waals surface area contributed by atoms with Crippen LogP contribution < -0.4 is 0 Å². The zero-order valence-electron chi connectivity index (χ0n) is 7.73. The van der Waals surface area contributed by atoms with Crippen molar-refractivity contribution in [3.8, 4) is 0 Å². The van der Waals surface area contributed by atoms with Crippen LogP contribution in [0.25, 0.3) is 0 Å². The lowest BCUT2D eigenvalue weighted by Crippen LogP contribution is -2.25. The first-order valence-electron chi connectivity index (χ1n) is 4.32. The minimum absolute atomic E-state index is 0.0475. The number of aliphatic hydroxyl groups excluding tert-OH is 1. The van der Waals surface area contributed by atoms with Crippen LogP contribution in [-0.4, -0.2) is 11.1 Å². The lowest BCUT2D eigenvalue weighted by Gasteiger charge is -2.23. The normalized spacial score (nSPS) is 25.8. The molecule has 0 fully saturated rings. The van der Waals surface area contributed by atoms with Gasteiger partial charge < -0.3 is 9.84 Å². The summed E-state index contributed by atoms with van der Waals surface area (Å²) in [5.74, 6) is -0.553. The number of esters is 1. The second-order valence-electron chi connectivity index (χ2n) is 3.35. The van der Waals surface area contributed by atoms with E-state index in [1.165, 1.54) is 0 Å². The van der Waals surface area contributed by atoms with E-state index in [2.05, 4.69) is 0 Å². The molecule has 0 aliphatic carbocycles. The molecule has 0 aromatic heterocycles. The smallest absolute Gasteiger partial charge is 0.335 e. The number of carbonyl (C=O) groups excluding carboxylic acids is 1. The van der Waals surface area contributed by atoms with Crippen LogP contribution in [0.2, 0.25) is 0 Å². The molecule has 3 heteroatoms. The van der Waals surface area contributed by atoms with Gasteiger partial charge in [0.05, 0.1) is 6.08 Å². The van der Waals surface area contributed by atoms with E-state index in [0.717, 1.165) is 11.6 Å². The summed E-state index contributed by atoms with van der Waals surface area (Å²) in [5, 5.41) is 9.59. The van der Waals surface area contributed by atoms with Gasteiger partial charge in [0.15, 0.2) is 5.60 Å². The van der Waals surface area contributed by atoms with Crippen molar-refractivity contribution in [3.05, 3.63) is 47.7 Å². The van der Waals surface area contributed by atoms with Crippen LogP contribution >= 0.6 is 0 Å². The molecule has 1 atom stereocenters. The lowest BCUT2D eigenvalue weighted by atomic mass is 9.95. The Morgan fingerprint density at radius 2 is 1.93 bits per heavy atom. The van der Waals surface area contributed by atoms with E-state index in [0.29, 0.717) is 0 Å². The molecule has 1 aliphatic rings. The SMILES string of the molecule is C[C@@]1(c2ccccc2)OC(=O)C=C1O. The highest BCUT2D eigenvalue weighted by Gasteiger charge is 2.40. The number of cyclic esters (lactones) is 1. The van der Waals surface area contributed by atoms with Crippen LogP contribution in [0.5, 0.6) is 0 Å². The largest absolute Gasteiger partial charge is 0.507 e. The van der Waals surface area contributed by atoms with Crippen LogP contribution in [0.1, 0.15) is 12.5 Å². The van der Waals surface area contributed by atoms with Crippen molar-refractivity contribution < 1.29 is 14.6 Å². The first-order valence-corrected chi connectivity index (χ1v) is 4.32. The van der Waals surface area contributed by atoms with Gasteiger partial charge in [-0.25, -0.2) is 4.79 Å². The third kappa shape index (κ3) is 1.18. The molecule has 14 heavy (non-hydrogen) atoms. The first kappa shape index (κ1) is 8.81. The van der Waals surface area contributed by atoms with E-state index in [1.807, 2.05) is 30.3 Å². The zero-order chi connectivity index (χ0) is 10.2. The van der Waals surface area contributed by atoms with Crippen LogP contribution in [-0.2, 0) is 15.1 Å². The average Bonchev–Trinajstić information content (AvgIpc) is 2.43. The summed E-state index contributed by atoms with van der Waals surface area (Å²) >= 11 is 0. The quantitative estimate of drug-likeness (QED) is 0.688. The molecule has 1 heterocycles. The highest BCUT2D eigenvalue weighted by atomic mass is 16.6. The Morgan fingerprint density at radius 3 is 2.43 bits per heavy atom. The Balaban J connectivity index is 2.45. The van der Waals surface area contributed by atoms with Gasteiger partial charge in [-0.3, -0.25) is 0 Å². The summed E-state index contributed by atoms with van der Waals surface area (Å²) in [6.07, 6.45) is 1.10. The Morgan fingerprint density at radius 1 is 1.29 bits per heavy atom. The van der Waals surface area contributed by atoms with Gasteiger partial charge in [0, 0.05) is 5.56 Å². The van der Waals surface area contributed by atoms with Gasteiger partial charge in [-0.1, -0.05) is 30.3 Å². The predicted molar refractivity (Wildman–Crippen MR) is 50.6 cm³/mol. The summed E-state index contributed by atoms with van der Waals surface area (Å²) in [6, 6.07) is 9.15. The zero-order valence-corrected chi connectivity index (χ0v) is 7.73. The summed E-state index contributed by atoms with van der Waals surface area (Å²) in [7, 11) is 0. The topological polar surface area (TPSA) is 46.5 Å². The summed E-state index contributed by atoms with van der Waals surface area (Å²) in [4.78, 5) is 11.0. The van der Waals surface area contributed by atoms with Crippen molar-refractivity contribution >= 4 is 5.97 Å². The fourth-order valence-corrected chi connectivity index (χ4v) is 1.50. The molecule has 1 aliphatic heterocycles. The monoisotopic (exact) mass is 190 g/mol. The Hall–Kier alpha value is -1.77. The molecule has 1 aromatic rings. The number of aliphatic hydroxyl groups is 1. The third-order valence-corrected chi connectivity index (χ3v) is 2.37. The molecule has 3 nitrogen and oxygen atoms in total. The Bertz CT molecular complexity index is 394. The fraction of sp³-hybridized carbons (Fsp3) is 0.182. The highest BCUT2D eigenvalue weighted by molar-refractivity contribution is 5.86. The molecule has 1 N–H and O–H groups in total. The van der Waals surface area contributed by atoms with E-state index >= 15 is 0 Å². The van der Waals surface area contributed by atoms with Crippen molar-refractivity contribution in [2.75, 3.05) is 0 Å². The average molecular weight is 190 g/mol. The third-order valence-electron chi connectivity index (χ3n) is 2.37. The number of ether oxygens (including phenoxy) is 1. The molecule has 0 amide bonds. The van der Waals surface area contributed by atoms with E-state index < -0.39 is 11.6 Å². The molecule has 1 aromatic carbocycles. The minimum atomic E-state index is -1.02. The van der Waals surface area contributed by atoms with Crippen molar-refractivity contribution in [3.63, 3.8) is 0 Å². The maximum atomic E-state index is 11.0. The molecular weight excluding hydrogens is 180 g/mol. The number of rotatable bonds is 1. The van der Waals surface area contributed by atoms with Gasteiger partial charge in [-0.2, -0.15) is 0 Å². The molecule has 0 saturated carbocycles. The summed E-state index contributed by atoms with van der Waals surface area (Å²) < 4.78 is 5.07. The second-order valence-corrected chi connectivity index (χ2v) is 3.35. The predicted octanol–water partition coefficient (Wildman–Crippen LogP) is 1.90. The van der Waals surface area contributed by atoms with E-state index in [9.17, 15) is 9.90 Å². The van der Waals surface area contributed by atoms with E-state index in [1.54, 1.807) is 6.92 Å². The van der Waals surface area contributed by atoms with Gasteiger partial charge in [-0.05, 0) is 6.92 Å².